The molecule has 0 saturated carbocycles. The minimum Gasteiger partial charge on any atom is -0.436 e. The molecule has 6 nitrogen and oxygen atoms in total. The number of hydrogen-bond donors (Lipinski definition) is 1. The number of aryl methyl sites for hydroxylation is 2. The molecule has 0 aliphatic heterocycles. The highest BCUT2D eigenvalue weighted by Crippen LogP contribution is 2.30. The minimum absolute atomic E-state index is 0.502. The first-order chi connectivity index (χ1) is 9.15. The molecule has 2 heterocycles. The number of hydrogen-bond acceptors (Lipinski definition) is 5. The fraction of sp³-hybridized carbons (Fsp3) is 0.154. The van der Waals surface area contributed by atoms with E-state index in [0.29, 0.717) is 23.1 Å². The summed E-state index contributed by atoms with van der Waals surface area (Å²) in [4.78, 5) is 8.32. The predicted molar refractivity (Wildman–Crippen MR) is 71.2 cm³/mol. The standard InChI is InChI=1S/C13H13N5O/c1-8-4-3-5-10(14)12(8)19-11-6-9(2)17-13-15-7-16-18(11)13/h3-7H,14H2,1-2H3. The Morgan fingerprint density at radius 3 is 2.89 bits per heavy atom. The fourth-order valence-electron chi connectivity index (χ4n) is 1.89. The van der Waals surface area contributed by atoms with Gasteiger partial charge in [-0.05, 0) is 25.5 Å². The minimum atomic E-state index is 0.502. The Kier molecular flexibility index (Phi) is 2.56. The zero-order valence-electron chi connectivity index (χ0n) is 10.7. The van der Waals surface area contributed by atoms with Crippen molar-refractivity contribution >= 4 is 11.5 Å². The van der Waals surface area contributed by atoms with Crippen molar-refractivity contribution in [3.8, 4) is 11.6 Å². The lowest BCUT2D eigenvalue weighted by molar-refractivity contribution is 0.444. The lowest BCUT2D eigenvalue weighted by atomic mass is 10.2. The highest BCUT2D eigenvalue weighted by molar-refractivity contribution is 5.57. The summed E-state index contributed by atoms with van der Waals surface area (Å²) in [6.45, 7) is 3.82. The maximum Gasteiger partial charge on any atom is 0.255 e. The third-order valence-corrected chi connectivity index (χ3v) is 2.80. The van der Waals surface area contributed by atoms with E-state index in [4.69, 9.17) is 10.5 Å². The number of nitrogens with zero attached hydrogens (tertiary/aromatic N) is 4. The van der Waals surface area contributed by atoms with Gasteiger partial charge in [-0.3, -0.25) is 0 Å². The normalized spacial score (nSPS) is 10.8. The summed E-state index contributed by atoms with van der Waals surface area (Å²) in [5, 5.41) is 4.09. The Balaban J connectivity index is 2.13. The zero-order valence-corrected chi connectivity index (χ0v) is 10.7. The van der Waals surface area contributed by atoms with Crippen molar-refractivity contribution in [1.29, 1.82) is 0 Å². The van der Waals surface area contributed by atoms with Crippen LogP contribution < -0.4 is 10.5 Å². The van der Waals surface area contributed by atoms with Gasteiger partial charge in [0.2, 0.25) is 5.88 Å². The van der Waals surface area contributed by atoms with E-state index in [0.717, 1.165) is 11.3 Å². The molecular formula is C13H13N5O. The fourth-order valence-corrected chi connectivity index (χ4v) is 1.89. The van der Waals surface area contributed by atoms with Crippen LogP contribution in [0, 0.1) is 13.8 Å². The molecule has 2 N–H and O–H groups in total. The summed E-state index contributed by atoms with van der Waals surface area (Å²) < 4.78 is 7.43. The Bertz CT molecular complexity index is 730. The largest absolute Gasteiger partial charge is 0.436 e. The van der Waals surface area contributed by atoms with Crippen LogP contribution in [-0.2, 0) is 0 Å². The highest BCUT2D eigenvalue weighted by Gasteiger charge is 2.11. The van der Waals surface area contributed by atoms with E-state index >= 15 is 0 Å². The van der Waals surface area contributed by atoms with E-state index in [-0.39, 0.29) is 0 Å². The van der Waals surface area contributed by atoms with E-state index in [2.05, 4.69) is 15.1 Å². The van der Waals surface area contributed by atoms with Gasteiger partial charge < -0.3 is 10.5 Å². The van der Waals surface area contributed by atoms with Crippen molar-refractivity contribution in [2.45, 2.75) is 13.8 Å². The molecule has 0 fully saturated rings. The molecule has 0 aliphatic carbocycles. The van der Waals surface area contributed by atoms with E-state index in [9.17, 15) is 0 Å². The molecule has 96 valence electrons. The molecule has 3 aromatic rings. The second kappa shape index (κ2) is 4.24. The summed E-state index contributed by atoms with van der Waals surface area (Å²) in [5.41, 5.74) is 8.30. The molecule has 0 radical (unpaired) electrons. The second-order valence-electron chi connectivity index (χ2n) is 4.30. The van der Waals surface area contributed by atoms with Gasteiger partial charge in [0.25, 0.3) is 5.78 Å². The number of aromatic nitrogens is 4. The van der Waals surface area contributed by atoms with Crippen molar-refractivity contribution in [2.75, 3.05) is 5.73 Å². The van der Waals surface area contributed by atoms with Crippen LogP contribution in [0.15, 0.2) is 30.6 Å². The van der Waals surface area contributed by atoms with Crippen LogP contribution in [0.25, 0.3) is 5.78 Å². The molecule has 1 aromatic carbocycles. The molecule has 0 atom stereocenters. The molecule has 0 aliphatic rings. The number of fused-ring (bicyclic) bond motifs is 1. The Hall–Kier alpha value is -2.63. The average Bonchev–Trinajstić information content (AvgIpc) is 2.81. The molecular weight excluding hydrogens is 242 g/mol. The van der Waals surface area contributed by atoms with Gasteiger partial charge in [0.05, 0.1) is 5.69 Å². The van der Waals surface area contributed by atoms with Crippen LogP contribution in [0.4, 0.5) is 5.69 Å². The molecule has 6 heteroatoms. The number of ether oxygens (including phenoxy) is 1. The molecule has 2 aromatic heterocycles. The Morgan fingerprint density at radius 1 is 1.26 bits per heavy atom. The molecule has 3 rings (SSSR count). The highest BCUT2D eigenvalue weighted by atomic mass is 16.5. The zero-order chi connectivity index (χ0) is 13.4. The van der Waals surface area contributed by atoms with Gasteiger partial charge in [-0.15, -0.1) is 0 Å². The summed E-state index contributed by atoms with van der Waals surface area (Å²) in [5.74, 6) is 1.67. The maximum atomic E-state index is 5.94. The smallest absolute Gasteiger partial charge is 0.255 e. The van der Waals surface area contributed by atoms with Crippen molar-refractivity contribution in [3.63, 3.8) is 0 Å². The van der Waals surface area contributed by atoms with Crippen LogP contribution in [0.2, 0.25) is 0 Å². The molecule has 19 heavy (non-hydrogen) atoms. The van der Waals surface area contributed by atoms with E-state index in [1.54, 1.807) is 16.6 Å². The Labute approximate surface area is 109 Å². The first kappa shape index (κ1) is 11.5. The van der Waals surface area contributed by atoms with Gasteiger partial charge >= 0.3 is 0 Å². The third-order valence-electron chi connectivity index (χ3n) is 2.80. The quantitative estimate of drug-likeness (QED) is 0.709. The SMILES string of the molecule is Cc1cc(Oc2c(C)cccc2N)n2ncnc2n1. The van der Waals surface area contributed by atoms with Crippen LogP contribution in [0.5, 0.6) is 11.6 Å². The molecule has 0 spiro atoms. The van der Waals surface area contributed by atoms with Gasteiger partial charge in [-0.1, -0.05) is 12.1 Å². The third kappa shape index (κ3) is 1.97. The molecule has 0 unspecified atom stereocenters. The van der Waals surface area contributed by atoms with Crippen LogP contribution in [-0.4, -0.2) is 19.6 Å². The van der Waals surface area contributed by atoms with Gasteiger partial charge in [0.1, 0.15) is 6.33 Å². The lowest BCUT2D eigenvalue weighted by Crippen LogP contribution is -2.01. The van der Waals surface area contributed by atoms with Crippen molar-refractivity contribution in [2.24, 2.45) is 0 Å². The van der Waals surface area contributed by atoms with Crippen molar-refractivity contribution in [1.82, 2.24) is 19.6 Å². The average molecular weight is 255 g/mol. The monoisotopic (exact) mass is 255 g/mol. The van der Waals surface area contributed by atoms with Crippen molar-refractivity contribution < 1.29 is 4.74 Å². The number of nitrogen functional groups attached to an aromatic ring is 1. The predicted octanol–water partition coefficient (Wildman–Crippen LogP) is 2.12. The summed E-state index contributed by atoms with van der Waals surface area (Å²) in [7, 11) is 0. The van der Waals surface area contributed by atoms with Gasteiger partial charge in [-0.25, -0.2) is 4.98 Å². The summed E-state index contributed by atoms with van der Waals surface area (Å²) in [6, 6.07) is 7.43. The number of anilines is 1. The number of nitrogens with two attached hydrogens (primary N) is 1. The van der Waals surface area contributed by atoms with Crippen LogP contribution in [0.3, 0.4) is 0 Å². The van der Waals surface area contributed by atoms with Crippen LogP contribution >= 0.6 is 0 Å². The lowest BCUT2D eigenvalue weighted by Gasteiger charge is -2.12. The van der Waals surface area contributed by atoms with Gasteiger partial charge in [-0.2, -0.15) is 14.6 Å². The van der Waals surface area contributed by atoms with Crippen LogP contribution in [0.1, 0.15) is 11.3 Å². The van der Waals surface area contributed by atoms with Crippen molar-refractivity contribution in [3.05, 3.63) is 41.9 Å². The first-order valence-electron chi connectivity index (χ1n) is 5.85. The van der Waals surface area contributed by atoms with Gasteiger partial charge in [0.15, 0.2) is 5.75 Å². The topological polar surface area (TPSA) is 78.3 Å². The number of benzene rings is 1. The summed E-state index contributed by atoms with van der Waals surface area (Å²) >= 11 is 0. The molecule has 0 amide bonds. The first-order valence-corrected chi connectivity index (χ1v) is 5.85. The van der Waals surface area contributed by atoms with E-state index < -0.39 is 0 Å². The Morgan fingerprint density at radius 2 is 2.11 bits per heavy atom. The number of para-hydroxylation sites is 1. The molecule has 0 saturated heterocycles. The van der Waals surface area contributed by atoms with E-state index in [1.165, 1.54) is 6.33 Å². The molecule has 0 bridgehead atoms. The van der Waals surface area contributed by atoms with E-state index in [1.807, 2.05) is 26.0 Å². The number of rotatable bonds is 2. The van der Waals surface area contributed by atoms with Gasteiger partial charge in [0, 0.05) is 11.8 Å². The maximum absolute atomic E-state index is 5.94. The summed E-state index contributed by atoms with van der Waals surface area (Å²) in [6.07, 6.45) is 1.44. The second-order valence-corrected chi connectivity index (χ2v) is 4.30.